The number of ether oxygens (including phenoxy) is 1. The molecule has 1 atom stereocenters. The number of amides is 1. The predicted octanol–water partition coefficient (Wildman–Crippen LogP) is 2.20. The van der Waals surface area contributed by atoms with Gasteiger partial charge < -0.3 is 19.2 Å². The van der Waals surface area contributed by atoms with Gasteiger partial charge in [0.25, 0.3) is 0 Å². The van der Waals surface area contributed by atoms with Gasteiger partial charge in [-0.15, -0.1) is 0 Å². The number of hydrogen-bond donors (Lipinski definition) is 1. The van der Waals surface area contributed by atoms with E-state index < -0.39 is 5.97 Å². The highest BCUT2D eigenvalue weighted by Crippen LogP contribution is 2.19. The smallest absolute Gasteiger partial charge is 0.339 e. The maximum atomic E-state index is 12.0. The van der Waals surface area contributed by atoms with Crippen molar-refractivity contribution in [3.05, 3.63) is 23.2 Å². The SMILES string of the molecule is Cc1oc(CN(C)C(=O)CC[C@H]2CCCO2)cc1C(=O)O. The second-order valence-electron chi connectivity index (χ2n) is 5.41. The summed E-state index contributed by atoms with van der Waals surface area (Å²) in [5.74, 6) is -0.165. The van der Waals surface area contributed by atoms with Crippen LogP contribution in [-0.4, -0.2) is 41.6 Å². The van der Waals surface area contributed by atoms with Gasteiger partial charge in [-0.25, -0.2) is 4.79 Å². The summed E-state index contributed by atoms with van der Waals surface area (Å²) in [4.78, 5) is 24.5. The second kappa shape index (κ2) is 6.76. The molecule has 1 aromatic heterocycles. The van der Waals surface area contributed by atoms with Crippen molar-refractivity contribution in [3.63, 3.8) is 0 Å². The third-order valence-corrected chi connectivity index (χ3v) is 3.72. The molecule has 1 N–H and O–H groups in total. The first-order valence-electron chi connectivity index (χ1n) is 7.15. The zero-order chi connectivity index (χ0) is 15.4. The van der Waals surface area contributed by atoms with Crippen molar-refractivity contribution in [3.8, 4) is 0 Å². The van der Waals surface area contributed by atoms with Gasteiger partial charge in [-0.3, -0.25) is 4.79 Å². The molecule has 0 spiro atoms. The predicted molar refractivity (Wildman–Crippen MR) is 75.1 cm³/mol. The minimum absolute atomic E-state index is 0.0106. The summed E-state index contributed by atoms with van der Waals surface area (Å²) in [6, 6.07) is 1.47. The van der Waals surface area contributed by atoms with Crippen molar-refractivity contribution in [2.75, 3.05) is 13.7 Å². The molecule has 1 aliphatic rings. The van der Waals surface area contributed by atoms with Crippen molar-refractivity contribution in [2.24, 2.45) is 0 Å². The fraction of sp³-hybridized carbons (Fsp3) is 0.600. The third kappa shape index (κ3) is 4.07. The molecule has 6 heteroatoms. The topological polar surface area (TPSA) is 80.0 Å². The molecule has 0 unspecified atom stereocenters. The van der Waals surface area contributed by atoms with Gasteiger partial charge in [0.05, 0.1) is 12.6 Å². The third-order valence-electron chi connectivity index (χ3n) is 3.72. The molecule has 0 aromatic carbocycles. The van der Waals surface area contributed by atoms with Gasteiger partial charge in [0.15, 0.2) is 0 Å². The summed E-state index contributed by atoms with van der Waals surface area (Å²) < 4.78 is 10.9. The Morgan fingerprint density at radius 2 is 2.24 bits per heavy atom. The summed E-state index contributed by atoms with van der Waals surface area (Å²) >= 11 is 0. The van der Waals surface area contributed by atoms with Gasteiger partial charge >= 0.3 is 5.97 Å². The van der Waals surface area contributed by atoms with Crippen LogP contribution in [0.2, 0.25) is 0 Å². The molecule has 1 saturated heterocycles. The highest BCUT2D eigenvalue weighted by Gasteiger charge is 2.20. The van der Waals surface area contributed by atoms with Crippen LogP contribution in [0, 0.1) is 6.92 Å². The van der Waals surface area contributed by atoms with Crippen molar-refractivity contribution in [1.82, 2.24) is 4.90 Å². The molecular formula is C15H21NO5. The number of carbonyl (C=O) groups excluding carboxylic acids is 1. The number of rotatable bonds is 6. The highest BCUT2D eigenvalue weighted by molar-refractivity contribution is 5.88. The largest absolute Gasteiger partial charge is 0.478 e. The molecule has 0 bridgehead atoms. The van der Waals surface area contributed by atoms with Crippen LogP contribution in [-0.2, 0) is 16.1 Å². The van der Waals surface area contributed by atoms with Crippen molar-refractivity contribution in [1.29, 1.82) is 0 Å². The van der Waals surface area contributed by atoms with Crippen LogP contribution in [0.4, 0.5) is 0 Å². The van der Waals surface area contributed by atoms with Crippen molar-refractivity contribution < 1.29 is 23.8 Å². The summed E-state index contributed by atoms with van der Waals surface area (Å²) in [7, 11) is 1.69. The van der Waals surface area contributed by atoms with Gasteiger partial charge in [-0.1, -0.05) is 0 Å². The van der Waals surface area contributed by atoms with Crippen molar-refractivity contribution >= 4 is 11.9 Å². The van der Waals surface area contributed by atoms with E-state index in [1.54, 1.807) is 18.9 Å². The van der Waals surface area contributed by atoms with E-state index in [0.29, 0.717) is 17.9 Å². The van der Waals surface area contributed by atoms with E-state index in [0.717, 1.165) is 25.9 Å². The number of nitrogens with zero attached hydrogens (tertiary/aromatic N) is 1. The van der Waals surface area contributed by atoms with Crippen LogP contribution < -0.4 is 0 Å². The second-order valence-corrected chi connectivity index (χ2v) is 5.41. The first-order valence-corrected chi connectivity index (χ1v) is 7.15. The van der Waals surface area contributed by atoms with Gasteiger partial charge in [0.2, 0.25) is 5.91 Å². The van der Waals surface area contributed by atoms with Crippen LogP contribution in [0.25, 0.3) is 0 Å². The zero-order valence-electron chi connectivity index (χ0n) is 12.4. The number of furan rings is 1. The number of aryl methyl sites for hydroxylation is 1. The average molecular weight is 295 g/mol. The van der Waals surface area contributed by atoms with E-state index in [2.05, 4.69) is 0 Å². The van der Waals surface area contributed by atoms with Crippen LogP contribution in [0.3, 0.4) is 0 Å². The summed E-state index contributed by atoms with van der Waals surface area (Å²) in [6.07, 6.45) is 3.47. The van der Waals surface area contributed by atoms with E-state index in [-0.39, 0.29) is 24.1 Å². The Labute approximate surface area is 123 Å². The average Bonchev–Trinajstić information content (AvgIpc) is 3.05. The van der Waals surface area contributed by atoms with Crippen LogP contribution in [0.1, 0.15) is 47.6 Å². The first kappa shape index (κ1) is 15.6. The molecule has 2 heterocycles. The van der Waals surface area contributed by atoms with E-state index in [9.17, 15) is 9.59 Å². The summed E-state index contributed by atoms with van der Waals surface area (Å²) in [5.41, 5.74) is 0.144. The molecule has 1 aromatic rings. The molecule has 0 saturated carbocycles. The quantitative estimate of drug-likeness (QED) is 0.870. The van der Waals surface area contributed by atoms with Crippen LogP contribution in [0.15, 0.2) is 10.5 Å². The van der Waals surface area contributed by atoms with Gasteiger partial charge in [0, 0.05) is 20.1 Å². The molecule has 0 aliphatic carbocycles. The normalized spacial score (nSPS) is 17.9. The Morgan fingerprint density at radius 1 is 1.48 bits per heavy atom. The number of hydrogen-bond acceptors (Lipinski definition) is 4. The monoisotopic (exact) mass is 295 g/mol. The molecule has 1 fully saturated rings. The van der Waals surface area contributed by atoms with E-state index in [1.165, 1.54) is 6.07 Å². The first-order chi connectivity index (χ1) is 9.97. The maximum absolute atomic E-state index is 12.0. The Hall–Kier alpha value is -1.82. The minimum atomic E-state index is -1.02. The van der Waals surface area contributed by atoms with Gasteiger partial charge in [-0.05, 0) is 32.3 Å². The number of carboxylic acid groups (broad SMARTS) is 1. The molecule has 21 heavy (non-hydrogen) atoms. The summed E-state index contributed by atoms with van der Waals surface area (Å²) in [5, 5.41) is 8.97. The molecule has 1 aliphatic heterocycles. The number of carboxylic acids is 1. The van der Waals surface area contributed by atoms with E-state index >= 15 is 0 Å². The highest BCUT2D eigenvalue weighted by atomic mass is 16.5. The number of carbonyl (C=O) groups is 2. The fourth-order valence-corrected chi connectivity index (χ4v) is 2.50. The Bertz CT molecular complexity index is 516. The lowest BCUT2D eigenvalue weighted by molar-refractivity contribution is -0.131. The number of aromatic carboxylic acids is 1. The minimum Gasteiger partial charge on any atom is -0.478 e. The van der Waals surface area contributed by atoms with Gasteiger partial charge in [0.1, 0.15) is 17.1 Å². The van der Waals surface area contributed by atoms with Crippen LogP contribution in [0.5, 0.6) is 0 Å². The Kier molecular flexibility index (Phi) is 5.01. The lowest BCUT2D eigenvalue weighted by Crippen LogP contribution is -2.26. The lowest BCUT2D eigenvalue weighted by atomic mass is 10.1. The van der Waals surface area contributed by atoms with Crippen LogP contribution >= 0.6 is 0 Å². The standard InChI is InChI=1S/C15H21NO5/c1-10-13(15(18)19)8-12(21-10)9-16(2)14(17)6-5-11-4-3-7-20-11/h8,11H,3-7,9H2,1-2H3,(H,18,19)/t11-/m1/s1. The van der Waals surface area contributed by atoms with E-state index in [1.807, 2.05) is 0 Å². The zero-order valence-corrected chi connectivity index (χ0v) is 12.4. The fourth-order valence-electron chi connectivity index (χ4n) is 2.50. The van der Waals surface area contributed by atoms with E-state index in [4.69, 9.17) is 14.3 Å². The lowest BCUT2D eigenvalue weighted by Gasteiger charge is -2.17. The van der Waals surface area contributed by atoms with Gasteiger partial charge in [-0.2, -0.15) is 0 Å². The molecule has 1 amide bonds. The molecule has 116 valence electrons. The summed E-state index contributed by atoms with van der Waals surface area (Å²) in [6.45, 7) is 2.67. The molecular weight excluding hydrogens is 274 g/mol. The Morgan fingerprint density at radius 3 is 2.81 bits per heavy atom. The van der Waals surface area contributed by atoms with Crippen molar-refractivity contribution in [2.45, 2.75) is 45.3 Å². The maximum Gasteiger partial charge on any atom is 0.339 e. The molecule has 0 radical (unpaired) electrons. The molecule has 6 nitrogen and oxygen atoms in total. The molecule has 2 rings (SSSR count). The Balaban J connectivity index is 1.85.